The molecule has 0 heterocycles. The van der Waals surface area contributed by atoms with E-state index in [4.69, 9.17) is 4.74 Å². The lowest BCUT2D eigenvalue weighted by atomic mass is 9.87. The zero-order chi connectivity index (χ0) is 20.5. The van der Waals surface area contributed by atoms with Gasteiger partial charge >= 0.3 is 6.18 Å². The first kappa shape index (κ1) is 20.5. The molecule has 0 radical (unpaired) electrons. The number of sulfonamides is 1. The van der Waals surface area contributed by atoms with Crippen LogP contribution in [0.5, 0.6) is 5.75 Å². The molecule has 1 atom stereocenters. The van der Waals surface area contributed by atoms with Crippen LogP contribution in [0, 0.1) is 0 Å². The molecule has 0 aromatic heterocycles. The SMILES string of the molecule is CNC1CCc2c(S(=O)(=O)Nc3ccc(C(F)(F)F)cc3)ccc(OC)c2C1. The number of fused-ring (bicyclic) bond motifs is 1. The van der Waals surface area contributed by atoms with Crippen LogP contribution < -0.4 is 14.8 Å². The minimum absolute atomic E-state index is 0.0708. The summed E-state index contributed by atoms with van der Waals surface area (Å²) in [5, 5.41) is 3.20. The summed E-state index contributed by atoms with van der Waals surface area (Å²) in [7, 11) is -0.569. The molecule has 28 heavy (non-hydrogen) atoms. The number of hydrogen-bond acceptors (Lipinski definition) is 4. The normalized spacial score (nSPS) is 17.1. The minimum atomic E-state index is -4.48. The van der Waals surface area contributed by atoms with Crippen molar-refractivity contribution in [3.05, 3.63) is 53.1 Å². The van der Waals surface area contributed by atoms with Gasteiger partial charge in [-0.1, -0.05) is 0 Å². The highest BCUT2D eigenvalue weighted by Crippen LogP contribution is 2.35. The molecule has 1 aliphatic rings. The van der Waals surface area contributed by atoms with Crippen LogP contribution in [0.25, 0.3) is 0 Å². The number of ether oxygens (including phenoxy) is 1. The van der Waals surface area contributed by atoms with Crippen LogP contribution in [-0.2, 0) is 29.0 Å². The summed E-state index contributed by atoms with van der Waals surface area (Å²) >= 11 is 0. The molecule has 0 spiro atoms. The molecule has 0 bridgehead atoms. The molecular formula is C19H21F3N2O3S. The third-order valence-corrected chi connectivity index (χ3v) is 6.39. The Bertz CT molecular complexity index is 958. The average molecular weight is 414 g/mol. The highest BCUT2D eigenvalue weighted by Gasteiger charge is 2.31. The molecule has 2 aromatic rings. The van der Waals surface area contributed by atoms with Crippen molar-refractivity contribution < 1.29 is 26.3 Å². The second kappa shape index (κ2) is 7.63. The molecule has 1 unspecified atom stereocenters. The number of anilines is 1. The van der Waals surface area contributed by atoms with Gasteiger partial charge in [0.15, 0.2) is 0 Å². The minimum Gasteiger partial charge on any atom is -0.496 e. The van der Waals surface area contributed by atoms with Crippen molar-refractivity contribution in [1.29, 1.82) is 0 Å². The van der Waals surface area contributed by atoms with Crippen molar-refractivity contribution in [3.8, 4) is 5.75 Å². The Labute approximate surface area is 162 Å². The number of rotatable bonds is 5. The lowest BCUT2D eigenvalue weighted by Gasteiger charge is -2.27. The van der Waals surface area contributed by atoms with E-state index in [1.165, 1.54) is 13.2 Å². The van der Waals surface area contributed by atoms with E-state index in [9.17, 15) is 21.6 Å². The maximum absolute atomic E-state index is 12.9. The quantitative estimate of drug-likeness (QED) is 0.785. The predicted octanol–water partition coefficient (Wildman–Crippen LogP) is 3.59. The standard InChI is InChI=1S/C19H21F3N2O3S/c1-23-14-7-8-15-16(11-14)17(27-2)9-10-18(15)28(25,26)24-13-5-3-12(4-6-13)19(20,21)22/h3-6,9-10,14,23-24H,7-8,11H2,1-2H3. The van der Waals surface area contributed by atoms with E-state index in [0.717, 1.165) is 36.2 Å². The number of halogens is 3. The van der Waals surface area contributed by atoms with E-state index in [2.05, 4.69) is 10.0 Å². The molecular weight excluding hydrogens is 393 g/mol. The average Bonchev–Trinajstić information content (AvgIpc) is 2.65. The fraction of sp³-hybridized carbons (Fsp3) is 0.368. The Morgan fingerprint density at radius 2 is 1.75 bits per heavy atom. The van der Waals surface area contributed by atoms with E-state index < -0.39 is 21.8 Å². The first-order valence-electron chi connectivity index (χ1n) is 8.72. The predicted molar refractivity (Wildman–Crippen MR) is 100 cm³/mol. The number of nitrogens with one attached hydrogen (secondary N) is 2. The van der Waals surface area contributed by atoms with Crippen molar-refractivity contribution in [3.63, 3.8) is 0 Å². The Morgan fingerprint density at radius 3 is 2.32 bits per heavy atom. The number of hydrogen-bond donors (Lipinski definition) is 2. The zero-order valence-corrected chi connectivity index (χ0v) is 16.2. The van der Waals surface area contributed by atoms with E-state index in [1.807, 2.05) is 7.05 Å². The third-order valence-electron chi connectivity index (χ3n) is 4.92. The molecule has 5 nitrogen and oxygen atoms in total. The molecule has 2 N–H and O–H groups in total. The largest absolute Gasteiger partial charge is 0.496 e. The molecule has 3 rings (SSSR count). The topological polar surface area (TPSA) is 67.4 Å². The molecule has 9 heteroatoms. The lowest BCUT2D eigenvalue weighted by Crippen LogP contribution is -2.32. The number of methoxy groups -OCH3 is 1. The summed E-state index contributed by atoms with van der Waals surface area (Å²) in [4.78, 5) is 0.123. The van der Waals surface area contributed by atoms with Gasteiger partial charge in [-0.3, -0.25) is 4.72 Å². The summed E-state index contributed by atoms with van der Waals surface area (Å²) < 4.78 is 71.7. The Hall–Kier alpha value is -2.26. The van der Waals surface area contributed by atoms with Crippen molar-refractivity contribution in [1.82, 2.24) is 5.32 Å². The fourth-order valence-corrected chi connectivity index (χ4v) is 4.79. The maximum atomic E-state index is 12.9. The van der Waals surface area contributed by atoms with E-state index >= 15 is 0 Å². The molecule has 152 valence electrons. The van der Waals surface area contributed by atoms with Gasteiger partial charge in [0, 0.05) is 17.3 Å². The van der Waals surface area contributed by atoms with E-state index in [-0.39, 0.29) is 16.6 Å². The highest BCUT2D eigenvalue weighted by atomic mass is 32.2. The Balaban J connectivity index is 1.94. The van der Waals surface area contributed by atoms with Gasteiger partial charge in [-0.05, 0) is 68.3 Å². The first-order chi connectivity index (χ1) is 13.2. The van der Waals surface area contributed by atoms with Crippen molar-refractivity contribution in [2.45, 2.75) is 36.4 Å². The highest BCUT2D eigenvalue weighted by molar-refractivity contribution is 7.92. The molecule has 0 fully saturated rings. The van der Waals surface area contributed by atoms with Crippen LogP contribution in [0.2, 0.25) is 0 Å². The monoisotopic (exact) mass is 414 g/mol. The van der Waals surface area contributed by atoms with Crippen LogP contribution in [-0.4, -0.2) is 28.6 Å². The first-order valence-corrected chi connectivity index (χ1v) is 10.2. The smallest absolute Gasteiger partial charge is 0.416 e. The summed E-state index contributed by atoms with van der Waals surface area (Å²) in [6.45, 7) is 0. The number of alkyl halides is 3. The Kier molecular flexibility index (Phi) is 5.58. The Morgan fingerprint density at radius 1 is 1.07 bits per heavy atom. The molecule has 0 saturated heterocycles. The van der Waals surface area contributed by atoms with Gasteiger partial charge in [0.2, 0.25) is 0 Å². The van der Waals surface area contributed by atoms with Crippen LogP contribution in [0.3, 0.4) is 0 Å². The van der Waals surface area contributed by atoms with E-state index in [1.54, 1.807) is 6.07 Å². The number of likely N-dealkylation sites (N-methyl/N-ethyl adjacent to an activating group) is 1. The molecule has 1 aliphatic carbocycles. The summed E-state index contributed by atoms with van der Waals surface area (Å²) in [5.74, 6) is 0.628. The maximum Gasteiger partial charge on any atom is 0.416 e. The molecule has 2 aromatic carbocycles. The van der Waals surface area contributed by atoms with Crippen molar-refractivity contribution in [2.75, 3.05) is 18.9 Å². The van der Waals surface area contributed by atoms with E-state index in [0.29, 0.717) is 24.2 Å². The third kappa shape index (κ3) is 4.10. The van der Waals surface area contributed by atoms with Gasteiger partial charge in [0.05, 0.1) is 17.6 Å². The second-order valence-corrected chi connectivity index (χ2v) is 8.28. The van der Waals surface area contributed by atoms with Crippen molar-refractivity contribution in [2.24, 2.45) is 0 Å². The fourth-order valence-electron chi connectivity index (χ4n) is 3.44. The van der Waals surface area contributed by atoms with Crippen LogP contribution in [0.1, 0.15) is 23.1 Å². The number of benzene rings is 2. The molecule has 0 aliphatic heterocycles. The van der Waals surface area contributed by atoms with Gasteiger partial charge in [-0.15, -0.1) is 0 Å². The summed E-state index contributed by atoms with van der Waals surface area (Å²) in [6.07, 6.45) is -2.50. The molecule has 0 saturated carbocycles. The zero-order valence-electron chi connectivity index (χ0n) is 15.4. The van der Waals surface area contributed by atoms with Crippen LogP contribution >= 0.6 is 0 Å². The summed E-state index contributed by atoms with van der Waals surface area (Å²) in [5.41, 5.74) is 0.755. The van der Waals surface area contributed by atoms with Gasteiger partial charge in [-0.25, -0.2) is 8.42 Å². The van der Waals surface area contributed by atoms with Gasteiger partial charge in [-0.2, -0.15) is 13.2 Å². The van der Waals surface area contributed by atoms with Crippen LogP contribution in [0.15, 0.2) is 41.3 Å². The second-order valence-electron chi connectivity index (χ2n) is 6.63. The van der Waals surface area contributed by atoms with Gasteiger partial charge in [0.25, 0.3) is 10.0 Å². The van der Waals surface area contributed by atoms with Gasteiger partial charge in [0.1, 0.15) is 5.75 Å². The van der Waals surface area contributed by atoms with Crippen molar-refractivity contribution >= 4 is 15.7 Å². The van der Waals surface area contributed by atoms with Crippen LogP contribution in [0.4, 0.5) is 18.9 Å². The summed E-state index contributed by atoms with van der Waals surface area (Å²) in [6, 6.07) is 7.21. The van der Waals surface area contributed by atoms with Gasteiger partial charge < -0.3 is 10.1 Å². The molecule has 0 amide bonds. The lowest BCUT2D eigenvalue weighted by molar-refractivity contribution is -0.137.